The molecule has 3 nitrogen and oxygen atoms in total. The SMILES string of the molecule is O=C(CC(Cc1ccccc1)c1cn(Cc2ccccc2)c2ccccc12)NC1CC1. The van der Waals surface area contributed by atoms with Crippen molar-refractivity contribution in [3.05, 3.63) is 108 Å². The topological polar surface area (TPSA) is 34.0 Å². The van der Waals surface area contributed by atoms with Crippen molar-refractivity contribution < 1.29 is 4.79 Å². The highest BCUT2D eigenvalue weighted by Gasteiger charge is 2.26. The molecular weight excluding hydrogens is 380 g/mol. The van der Waals surface area contributed by atoms with Crippen LogP contribution in [0.5, 0.6) is 0 Å². The second-order valence-corrected chi connectivity index (χ2v) is 8.65. The Morgan fingerprint density at radius 2 is 1.52 bits per heavy atom. The smallest absolute Gasteiger partial charge is 0.220 e. The molecule has 1 saturated carbocycles. The molecule has 1 N–H and O–H groups in total. The summed E-state index contributed by atoms with van der Waals surface area (Å²) in [6, 6.07) is 30.1. The minimum absolute atomic E-state index is 0.142. The first-order valence-corrected chi connectivity index (χ1v) is 11.2. The van der Waals surface area contributed by atoms with Gasteiger partial charge in [0.15, 0.2) is 0 Å². The average molecular weight is 409 g/mol. The molecule has 1 aromatic heterocycles. The predicted octanol–water partition coefficient (Wildman–Crippen LogP) is 5.68. The van der Waals surface area contributed by atoms with E-state index in [2.05, 4.69) is 94.9 Å². The van der Waals surface area contributed by atoms with E-state index >= 15 is 0 Å². The van der Waals surface area contributed by atoms with Gasteiger partial charge >= 0.3 is 0 Å². The lowest BCUT2D eigenvalue weighted by atomic mass is 9.88. The van der Waals surface area contributed by atoms with Gasteiger partial charge < -0.3 is 9.88 Å². The Balaban J connectivity index is 1.51. The van der Waals surface area contributed by atoms with Gasteiger partial charge in [0.25, 0.3) is 0 Å². The molecule has 0 spiro atoms. The third-order valence-corrected chi connectivity index (χ3v) is 6.15. The molecule has 31 heavy (non-hydrogen) atoms. The molecule has 1 amide bonds. The molecular formula is C28H28N2O. The number of aromatic nitrogens is 1. The van der Waals surface area contributed by atoms with E-state index in [1.807, 2.05) is 6.07 Å². The van der Waals surface area contributed by atoms with E-state index in [4.69, 9.17) is 0 Å². The van der Waals surface area contributed by atoms with E-state index in [9.17, 15) is 4.79 Å². The van der Waals surface area contributed by atoms with Crippen LogP contribution in [0.3, 0.4) is 0 Å². The van der Waals surface area contributed by atoms with Crippen LogP contribution in [0, 0.1) is 0 Å². The first-order chi connectivity index (χ1) is 15.3. The van der Waals surface area contributed by atoms with Gasteiger partial charge in [-0.25, -0.2) is 0 Å². The van der Waals surface area contributed by atoms with E-state index in [1.165, 1.54) is 27.6 Å². The molecule has 0 radical (unpaired) electrons. The van der Waals surface area contributed by atoms with Gasteiger partial charge in [0.1, 0.15) is 0 Å². The summed E-state index contributed by atoms with van der Waals surface area (Å²) in [4.78, 5) is 12.8. The number of hydrogen-bond acceptors (Lipinski definition) is 1. The average Bonchev–Trinajstić information content (AvgIpc) is 3.54. The largest absolute Gasteiger partial charge is 0.353 e. The fourth-order valence-corrected chi connectivity index (χ4v) is 4.44. The third kappa shape index (κ3) is 4.72. The zero-order valence-corrected chi connectivity index (χ0v) is 17.7. The Hall–Kier alpha value is -3.33. The lowest BCUT2D eigenvalue weighted by molar-refractivity contribution is -0.121. The second kappa shape index (κ2) is 8.81. The Morgan fingerprint density at radius 1 is 0.871 bits per heavy atom. The highest BCUT2D eigenvalue weighted by atomic mass is 16.1. The second-order valence-electron chi connectivity index (χ2n) is 8.65. The van der Waals surface area contributed by atoms with Gasteiger partial charge in [0.05, 0.1) is 0 Å². The van der Waals surface area contributed by atoms with E-state index in [1.54, 1.807) is 0 Å². The van der Waals surface area contributed by atoms with Crippen molar-refractivity contribution >= 4 is 16.8 Å². The molecule has 3 aromatic carbocycles. The third-order valence-electron chi connectivity index (χ3n) is 6.15. The number of hydrogen-bond donors (Lipinski definition) is 1. The van der Waals surface area contributed by atoms with Gasteiger partial charge in [-0.1, -0.05) is 78.9 Å². The van der Waals surface area contributed by atoms with Crippen molar-refractivity contribution in [3.63, 3.8) is 0 Å². The number of para-hydroxylation sites is 1. The van der Waals surface area contributed by atoms with Gasteiger partial charge in [0, 0.05) is 36.1 Å². The summed E-state index contributed by atoms with van der Waals surface area (Å²) in [6.45, 7) is 0.827. The first-order valence-electron chi connectivity index (χ1n) is 11.2. The Labute approximate surface area is 183 Å². The number of nitrogens with zero attached hydrogens (tertiary/aromatic N) is 1. The molecule has 1 fully saturated rings. The fraction of sp³-hybridized carbons (Fsp3) is 0.250. The molecule has 5 rings (SSSR count). The number of nitrogens with one attached hydrogen (secondary N) is 1. The highest BCUT2D eigenvalue weighted by Crippen LogP contribution is 2.33. The quantitative estimate of drug-likeness (QED) is 0.400. The minimum Gasteiger partial charge on any atom is -0.353 e. The van der Waals surface area contributed by atoms with Crippen molar-refractivity contribution in [3.8, 4) is 0 Å². The minimum atomic E-state index is 0.142. The summed E-state index contributed by atoms with van der Waals surface area (Å²) in [5.74, 6) is 0.311. The Bertz CT molecular complexity index is 1160. The zero-order chi connectivity index (χ0) is 21.0. The molecule has 1 aliphatic rings. The molecule has 1 heterocycles. The van der Waals surface area contributed by atoms with Crippen molar-refractivity contribution in [1.82, 2.24) is 9.88 Å². The van der Waals surface area contributed by atoms with Gasteiger partial charge in [-0.3, -0.25) is 4.79 Å². The van der Waals surface area contributed by atoms with Crippen LogP contribution < -0.4 is 5.32 Å². The fourth-order valence-electron chi connectivity index (χ4n) is 4.44. The predicted molar refractivity (Wildman–Crippen MR) is 126 cm³/mol. The zero-order valence-electron chi connectivity index (χ0n) is 17.7. The lowest BCUT2D eigenvalue weighted by Gasteiger charge is -2.17. The summed E-state index contributed by atoms with van der Waals surface area (Å²) in [5.41, 5.74) is 5.04. The maximum atomic E-state index is 12.8. The summed E-state index contributed by atoms with van der Waals surface area (Å²) < 4.78 is 2.33. The number of benzene rings is 3. The Kier molecular flexibility index (Phi) is 5.57. The first kappa shape index (κ1) is 19.6. The van der Waals surface area contributed by atoms with E-state index in [-0.39, 0.29) is 11.8 Å². The molecule has 4 aromatic rings. The van der Waals surface area contributed by atoms with Crippen LogP contribution in [0.2, 0.25) is 0 Å². The van der Waals surface area contributed by atoms with Crippen LogP contribution in [0.25, 0.3) is 10.9 Å². The molecule has 156 valence electrons. The molecule has 1 unspecified atom stereocenters. The summed E-state index contributed by atoms with van der Waals surface area (Å²) in [7, 11) is 0. The van der Waals surface area contributed by atoms with E-state index < -0.39 is 0 Å². The van der Waals surface area contributed by atoms with Gasteiger partial charge in [-0.15, -0.1) is 0 Å². The summed E-state index contributed by atoms with van der Waals surface area (Å²) in [6.07, 6.45) is 5.88. The maximum Gasteiger partial charge on any atom is 0.220 e. The number of rotatable bonds is 8. The van der Waals surface area contributed by atoms with Crippen molar-refractivity contribution in [2.24, 2.45) is 0 Å². The van der Waals surface area contributed by atoms with Gasteiger partial charge in [0.2, 0.25) is 5.91 Å². The van der Waals surface area contributed by atoms with Crippen LogP contribution in [0.4, 0.5) is 0 Å². The molecule has 0 aliphatic heterocycles. The van der Waals surface area contributed by atoms with Crippen LogP contribution in [0.15, 0.2) is 91.1 Å². The molecule has 1 atom stereocenters. The van der Waals surface area contributed by atoms with Crippen molar-refractivity contribution in [2.45, 2.75) is 44.2 Å². The van der Waals surface area contributed by atoms with E-state index in [0.29, 0.717) is 12.5 Å². The normalized spacial score (nSPS) is 14.5. The van der Waals surface area contributed by atoms with Gasteiger partial charge in [-0.2, -0.15) is 0 Å². The van der Waals surface area contributed by atoms with Crippen LogP contribution in [0.1, 0.15) is 41.9 Å². The van der Waals surface area contributed by atoms with Crippen molar-refractivity contribution in [1.29, 1.82) is 0 Å². The van der Waals surface area contributed by atoms with E-state index in [0.717, 1.165) is 25.8 Å². The van der Waals surface area contributed by atoms with Crippen LogP contribution in [-0.2, 0) is 17.8 Å². The molecule has 0 bridgehead atoms. The van der Waals surface area contributed by atoms with Crippen LogP contribution in [-0.4, -0.2) is 16.5 Å². The van der Waals surface area contributed by atoms with Gasteiger partial charge in [-0.05, 0) is 47.9 Å². The molecule has 0 saturated heterocycles. The van der Waals surface area contributed by atoms with Crippen molar-refractivity contribution in [2.75, 3.05) is 0 Å². The highest BCUT2D eigenvalue weighted by molar-refractivity contribution is 5.86. The maximum absolute atomic E-state index is 12.8. The number of fused-ring (bicyclic) bond motifs is 1. The lowest BCUT2D eigenvalue weighted by Crippen LogP contribution is -2.27. The molecule has 1 aliphatic carbocycles. The Morgan fingerprint density at radius 3 is 2.23 bits per heavy atom. The summed E-state index contributed by atoms with van der Waals surface area (Å²) >= 11 is 0. The summed E-state index contributed by atoms with van der Waals surface area (Å²) in [5, 5.41) is 4.44. The number of amides is 1. The monoisotopic (exact) mass is 408 g/mol. The number of carbonyl (C=O) groups is 1. The molecule has 3 heteroatoms. The standard InChI is InChI=1S/C28H28N2O/c31-28(29-24-15-16-24)18-23(17-21-9-3-1-4-10-21)26-20-30(19-22-11-5-2-6-12-22)27-14-8-7-13-25(26)27/h1-14,20,23-24H,15-19H2,(H,29,31). The number of carbonyl (C=O) groups excluding carboxylic acids is 1. The van der Waals surface area contributed by atoms with Crippen LogP contribution >= 0.6 is 0 Å².